The average molecular weight is 497 g/mol. The van der Waals surface area contributed by atoms with Crippen molar-refractivity contribution in [2.24, 2.45) is 0 Å². The zero-order chi connectivity index (χ0) is 26.6. The van der Waals surface area contributed by atoms with Crippen LogP contribution >= 0.6 is 0 Å². The van der Waals surface area contributed by atoms with Gasteiger partial charge in [-0.2, -0.15) is 0 Å². The summed E-state index contributed by atoms with van der Waals surface area (Å²) < 4.78 is 19.0. The Morgan fingerprint density at radius 3 is 2.32 bits per heavy atom. The second-order valence-electron chi connectivity index (χ2n) is 8.53. The number of hydrogen-bond acceptors (Lipinski definition) is 3. The Hall–Kier alpha value is -4.25. The van der Waals surface area contributed by atoms with Gasteiger partial charge in [0.1, 0.15) is 12.4 Å². The molecular weight excluding hydrogens is 463 g/mol. The minimum Gasteiger partial charge on any atom is -0.475 e. The van der Waals surface area contributed by atoms with E-state index >= 15 is 0 Å². The van der Waals surface area contributed by atoms with Crippen LogP contribution in [0.5, 0.6) is 5.88 Å². The summed E-state index contributed by atoms with van der Waals surface area (Å²) in [5.74, 6) is -0.0866. The number of allylic oxidation sites excluding steroid dienone is 2. The van der Waals surface area contributed by atoms with Gasteiger partial charge in [-0.3, -0.25) is 4.79 Å². The van der Waals surface area contributed by atoms with E-state index in [2.05, 4.69) is 30.3 Å². The highest BCUT2D eigenvalue weighted by atomic mass is 19.1. The van der Waals surface area contributed by atoms with Gasteiger partial charge in [-0.05, 0) is 54.3 Å². The third kappa shape index (κ3) is 7.14. The molecule has 4 aromatic rings. The monoisotopic (exact) mass is 496 g/mol. The molecule has 1 atom stereocenters. The molecule has 1 unspecified atom stereocenters. The van der Waals surface area contributed by atoms with E-state index in [0.29, 0.717) is 24.4 Å². The standard InChI is InChI=1S/C26H21FN2O2.2C3H6/c27-21-12-13-25(28-15-21)31-17-22-14-19-7-1-2-8-20(19)16-29(22)26(30)24-11-5-9-18-6-3-4-10-23(18)24;2*1-3-2/h1-13,15,22H,14,16-17H2;2*3H,1H2,2H3. The van der Waals surface area contributed by atoms with Crippen LogP contribution in [0.4, 0.5) is 4.39 Å². The molecule has 37 heavy (non-hydrogen) atoms. The number of carbonyl (C=O) groups excluding carboxylic acids is 1. The van der Waals surface area contributed by atoms with Crippen molar-refractivity contribution in [1.29, 1.82) is 0 Å². The molecule has 5 heteroatoms. The highest BCUT2D eigenvalue weighted by Crippen LogP contribution is 2.28. The molecule has 0 radical (unpaired) electrons. The average Bonchev–Trinajstić information content (AvgIpc) is 2.92. The Morgan fingerprint density at radius 1 is 0.973 bits per heavy atom. The van der Waals surface area contributed by atoms with Crippen molar-refractivity contribution in [3.05, 3.63) is 133 Å². The number of pyridine rings is 1. The number of aromatic nitrogens is 1. The highest BCUT2D eigenvalue weighted by Gasteiger charge is 2.31. The Kier molecular flexibility index (Phi) is 10.1. The third-order valence-corrected chi connectivity index (χ3v) is 5.76. The van der Waals surface area contributed by atoms with Gasteiger partial charge in [0, 0.05) is 18.2 Å². The van der Waals surface area contributed by atoms with Gasteiger partial charge in [-0.15, -0.1) is 13.2 Å². The number of fused-ring (bicyclic) bond motifs is 2. The van der Waals surface area contributed by atoms with Gasteiger partial charge in [0.25, 0.3) is 5.91 Å². The number of amides is 1. The largest absolute Gasteiger partial charge is 0.475 e. The van der Waals surface area contributed by atoms with E-state index in [4.69, 9.17) is 4.74 Å². The quantitative estimate of drug-likeness (QED) is 0.276. The van der Waals surface area contributed by atoms with Gasteiger partial charge < -0.3 is 9.64 Å². The van der Waals surface area contributed by atoms with E-state index in [1.54, 1.807) is 12.2 Å². The number of rotatable bonds is 4. The fourth-order valence-electron chi connectivity index (χ4n) is 4.17. The van der Waals surface area contributed by atoms with Crippen molar-refractivity contribution in [1.82, 2.24) is 9.88 Å². The van der Waals surface area contributed by atoms with Crippen LogP contribution in [0.1, 0.15) is 35.3 Å². The van der Waals surface area contributed by atoms with Crippen LogP contribution in [-0.2, 0) is 13.0 Å². The molecule has 0 saturated heterocycles. The summed E-state index contributed by atoms with van der Waals surface area (Å²) in [6.07, 6.45) is 5.32. The number of nitrogens with zero attached hydrogens (tertiary/aromatic N) is 2. The summed E-state index contributed by atoms with van der Waals surface area (Å²) >= 11 is 0. The van der Waals surface area contributed by atoms with Crippen molar-refractivity contribution >= 4 is 16.7 Å². The Morgan fingerprint density at radius 2 is 1.62 bits per heavy atom. The summed E-state index contributed by atoms with van der Waals surface area (Å²) in [7, 11) is 0. The predicted molar refractivity (Wildman–Crippen MR) is 149 cm³/mol. The van der Waals surface area contributed by atoms with Crippen molar-refractivity contribution in [2.75, 3.05) is 6.61 Å². The van der Waals surface area contributed by atoms with Gasteiger partial charge in [0.15, 0.2) is 0 Å². The van der Waals surface area contributed by atoms with Gasteiger partial charge in [-0.25, -0.2) is 9.37 Å². The van der Waals surface area contributed by atoms with Crippen LogP contribution in [0.15, 0.2) is 110 Å². The minimum absolute atomic E-state index is 0.0213. The molecule has 2 heterocycles. The molecule has 0 N–H and O–H groups in total. The lowest BCUT2D eigenvalue weighted by Crippen LogP contribution is -2.47. The normalized spacial score (nSPS) is 13.7. The first-order valence-corrected chi connectivity index (χ1v) is 12.3. The Labute approximate surface area is 218 Å². The zero-order valence-electron chi connectivity index (χ0n) is 21.4. The molecule has 5 rings (SSSR count). The van der Waals surface area contributed by atoms with E-state index in [1.807, 2.05) is 73.3 Å². The second-order valence-corrected chi connectivity index (χ2v) is 8.53. The predicted octanol–water partition coefficient (Wildman–Crippen LogP) is 7.40. The number of hydrogen-bond donors (Lipinski definition) is 0. The molecule has 1 amide bonds. The third-order valence-electron chi connectivity index (χ3n) is 5.76. The highest BCUT2D eigenvalue weighted by molar-refractivity contribution is 6.07. The summed E-state index contributed by atoms with van der Waals surface area (Å²) in [4.78, 5) is 19.6. The summed E-state index contributed by atoms with van der Waals surface area (Å²) in [6, 6.07) is 24.6. The molecule has 0 aliphatic carbocycles. The van der Waals surface area contributed by atoms with Crippen molar-refractivity contribution < 1.29 is 13.9 Å². The molecule has 4 nitrogen and oxygen atoms in total. The molecule has 1 aliphatic heterocycles. The molecule has 190 valence electrons. The number of benzene rings is 3. The SMILES string of the molecule is C=CC.C=CC.O=C(c1cccc2ccccc12)N1Cc2ccccc2CC1COc1ccc(F)cn1. The van der Waals surface area contributed by atoms with Gasteiger partial charge in [-0.1, -0.05) is 72.8 Å². The van der Waals surface area contributed by atoms with E-state index in [0.717, 1.165) is 22.5 Å². The molecule has 3 aromatic carbocycles. The minimum atomic E-state index is -0.410. The lowest BCUT2D eigenvalue weighted by Gasteiger charge is -2.37. The van der Waals surface area contributed by atoms with E-state index in [1.165, 1.54) is 17.7 Å². The Bertz CT molecular complexity index is 1320. The van der Waals surface area contributed by atoms with Gasteiger partial charge >= 0.3 is 0 Å². The summed E-state index contributed by atoms with van der Waals surface area (Å²) in [6.45, 7) is 11.3. The first kappa shape index (κ1) is 27.3. The smallest absolute Gasteiger partial charge is 0.255 e. The van der Waals surface area contributed by atoms with E-state index in [-0.39, 0.29) is 18.6 Å². The number of ether oxygens (including phenoxy) is 1. The lowest BCUT2D eigenvalue weighted by atomic mass is 9.93. The van der Waals surface area contributed by atoms with Crippen LogP contribution in [0.3, 0.4) is 0 Å². The van der Waals surface area contributed by atoms with Crippen LogP contribution in [0, 0.1) is 5.82 Å². The first-order valence-electron chi connectivity index (χ1n) is 12.3. The molecule has 1 aromatic heterocycles. The van der Waals surface area contributed by atoms with Crippen LogP contribution in [0.25, 0.3) is 10.8 Å². The molecule has 0 bridgehead atoms. The first-order chi connectivity index (χ1) is 18.0. The van der Waals surface area contributed by atoms with Crippen molar-refractivity contribution in [2.45, 2.75) is 32.9 Å². The van der Waals surface area contributed by atoms with Crippen molar-refractivity contribution in [3.8, 4) is 5.88 Å². The molecule has 1 aliphatic rings. The van der Waals surface area contributed by atoms with Gasteiger partial charge in [0.2, 0.25) is 5.88 Å². The van der Waals surface area contributed by atoms with Crippen LogP contribution in [-0.4, -0.2) is 28.4 Å². The fourth-order valence-corrected chi connectivity index (χ4v) is 4.17. The summed E-state index contributed by atoms with van der Waals surface area (Å²) in [5.41, 5.74) is 3.04. The second kappa shape index (κ2) is 13.7. The maximum atomic E-state index is 13.7. The number of carbonyl (C=O) groups is 1. The van der Waals surface area contributed by atoms with Crippen LogP contribution < -0.4 is 4.74 Å². The molecule has 0 fully saturated rings. The fraction of sp³-hybridized carbons (Fsp3) is 0.188. The topological polar surface area (TPSA) is 42.4 Å². The van der Waals surface area contributed by atoms with Crippen molar-refractivity contribution in [3.63, 3.8) is 0 Å². The molecular formula is C32H33FN2O2. The maximum absolute atomic E-state index is 13.7. The summed E-state index contributed by atoms with van der Waals surface area (Å²) in [5, 5.41) is 1.97. The van der Waals surface area contributed by atoms with Gasteiger partial charge in [0.05, 0.1) is 12.2 Å². The maximum Gasteiger partial charge on any atom is 0.255 e. The Balaban J connectivity index is 0.000000580. The molecule has 0 spiro atoms. The van der Waals surface area contributed by atoms with E-state index < -0.39 is 5.82 Å². The lowest BCUT2D eigenvalue weighted by molar-refractivity contribution is 0.0564. The van der Waals surface area contributed by atoms with Crippen LogP contribution in [0.2, 0.25) is 0 Å². The van der Waals surface area contributed by atoms with E-state index in [9.17, 15) is 9.18 Å². The number of halogens is 1. The zero-order valence-corrected chi connectivity index (χ0v) is 21.4. The molecule has 0 saturated carbocycles.